The zero-order valence-electron chi connectivity index (χ0n) is 17.2. The minimum atomic E-state index is -3.75. The van der Waals surface area contributed by atoms with Gasteiger partial charge in [-0.15, -0.1) is 0 Å². The van der Waals surface area contributed by atoms with Gasteiger partial charge in [-0.1, -0.05) is 30.4 Å². The molecule has 0 aliphatic rings. The van der Waals surface area contributed by atoms with Crippen LogP contribution in [0.15, 0.2) is 46.1 Å². The van der Waals surface area contributed by atoms with E-state index in [1.165, 1.54) is 0 Å². The number of ether oxygens (including phenoxy) is 1. The fraction of sp³-hybridized carbons (Fsp3) is 0.381. The summed E-state index contributed by atoms with van der Waals surface area (Å²) in [5.41, 5.74) is 2.58. The molecule has 0 unspecified atom stereocenters. The molecule has 1 aromatic heterocycles. The first-order valence-electron chi connectivity index (χ1n) is 9.50. The average molecular weight is 435 g/mol. The van der Waals surface area contributed by atoms with Crippen molar-refractivity contribution >= 4 is 31.6 Å². The van der Waals surface area contributed by atoms with Crippen LogP contribution in [-0.4, -0.2) is 20.1 Å². The summed E-state index contributed by atoms with van der Waals surface area (Å²) in [6.07, 6.45) is 0.601. The molecule has 1 heterocycles. The van der Waals surface area contributed by atoms with Crippen LogP contribution in [0.4, 0.5) is 0 Å². The van der Waals surface area contributed by atoms with Gasteiger partial charge in [0.1, 0.15) is 5.75 Å². The predicted molar refractivity (Wildman–Crippen MR) is 118 cm³/mol. The first kappa shape index (κ1) is 21.5. The maximum absolute atomic E-state index is 13.0. The molecule has 0 aliphatic heterocycles. The van der Waals surface area contributed by atoms with Crippen molar-refractivity contribution in [3.8, 4) is 5.75 Å². The number of sulfonamides is 1. The molecule has 29 heavy (non-hydrogen) atoms. The summed E-state index contributed by atoms with van der Waals surface area (Å²) >= 11 is 1.07. The molecular weight excluding hydrogens is 408 g/mol. The number of nitrogens with one attached hydrogen (secondary N) is 1. The number of thiazole rings is 1. The van der Waals surface area contributed by atoms with Gasteiger partial charge in [0.25, 0.3) is 0 Å². The van der Waals surface area contributed by atoms with Crippen LogP contribution in [0.25, 0.3) is 10.2 Å². The number of aryl methyl sites for hydroxylation is 1. The van der Waals surface area contributed by atoms with Gasteiger partial charge in [0.2, 0.25) is 10.0 Å². The number of fused-ring (bicyclic) bond motifs is 1. The third-order valence-corrected chi connectivity index (χ3v) is 7.33. The monoisotopic (exact) mass is 434 g/mol. The molecular formula is C21H26N2O4S2. The maximum Gasteiger partial charge on any atom is 0.308 e. The minimum Gasteiger partial charge on any atom is -0.496 e. The number of benzene rings is 2. The highest BCUT2D eigenvalue weighted by molar-refractivity contribution is 7.89. The van der Waals surface area contributed by atoms with E-state index < -0.39 is 10.0 Å². The smallest absolute Gasteiger partial charge is 0.308 e. The Morgan fingerprint density at radius 2 is 1.90 bits per heavy atom. The van der Waals surface area contributed by atoms with Crippen molar-refractivity contribution in [2.45, 2.75) is 51.1 Å². The Bertz CT molecular complexity index is 1190. The fourth-order valence-electron chi connectivity index (χ4n) is 3.43. The van der Waals surface area contributed by atoms with E-state index in [-0.39, 0.29) is 21.9 Å². The van der Waals surface area contributed by atoms with Crippen LogP contribution in [-0.2, 0) is 10.0 Å². The number of aromatic nitrogens is 1. The Morgan fingerprint density at radius 3 is 2.48 bits per heavy atom. The third-order valence-electron chi connectivity index (χ3n) is 4.94. The quantitative estimate of drug-likeness (QED) is 0.598. The molecule has 3 aromatic rings. The van der Waals surface area contributed by atoms with Crippen molar-refractivity contribution in [1.29, 1.82) is 0 Å². The SMILES string of the molecule is CC[C@H](NS(=O)(=O)c1ccc2c(c1)sc(=O)n2C(C)C)c1ccc(OC)c(C)c1. The van der Waals surface area contributed by atoms with Gasteiger partial charge in [-0.05, 0) is 62.6 Å². The zero-order valence-corrected chi connectivity index (χ0v) is 18.9. The zero-order chi connectivity index (χ0) is 21.3. The lowest BCUT2D eigenvalue weighted by Gasteiger charge is -2.19. The summed E-state index contributed by atoms with van der Waals surface area (Å²) in [5.74, 6) is 0.765. The van der Waals surface area contributed by atoms with Crippen LogP contribution in [0.1, 0.15) is 50.4 Å². The molecule has 0 bridgehead atoms. The van der Waals surface area contributed by atoms with Crippen molar-refractivity contribution in [1.82, 2.24) is 9.29 Å². The molecule has 0 aliphatic carbocycles. The predicted octanol–water partition coefficient (Wildman–Crippen LogP) is 4.39. The van der Waals surface area contributed by atoms with Crippen LogP contribution in [0.3, 0.4) is 0 Å². The van der Waals surface area contributed by atoms with Gasteiger partial charge >= 0.3 is 4.87 Å². The standard InChI is InChI=1S/C21H26N2O4S2/c1-6-17(15-7-10-19(27-5)14(4)11-15)22-29(25,26)16-8-9-18-20(12-16)28-21(24)23(18)13(2)3/h7-13,17,22H,6H2,1-5H3/t17-/m0/s1. The minimum absolute atomic E-state index is 0.0135. The van der Waals surface area contributed by atoms with Gasteiger partial charge < -0.3 is 4.74 Å². The Morgan fingerprint density at radius 1 is 1.17 bits per heavy atom. The van der Waals surface area contributed by atoms with E-state index in [4.69, 9.17) is 4.74 Å². The summed E-state index contributed by atoms with van der Waals surface area (Å²) in [6, 6.07) is 10.2. The lowest BCUT2D eigenvalue weighted by atomic mass is 10.0. The number of hydrogen-bond acceptors (Lipinski definition) is 5. The summed E-state index contributed by atoms with van der Waals surface area (Å²) in [7, 11) is -2.14. The summed E-state index contributed by atoms with van der Waals surface area (Å²) in [5, 5.41) is 0. The number of methoxy groups -OCH3 is 1. The van der Waals surface area contributed by atoms with Crippen LogP contribution < -0.4 is 14.3 Å². The molecule has 0 radical (unpaired) electrons. The molecule has 8 heteroatoms. The topological polar surface area (TPSA) is 77.4 Å². The summed E-state index contributed by atoms with van der Waals surface area (Å²) < 4.78 is 36.5. The Hall–Kier alpha value is -2.16. The molecule has 6 nitrogen and oxygen atoms in total. The molecule has 1 N–H and O–H groups in total. The van der Waals surface area contributed by atoms with Gasteiger partial charge in [-0.3, -0.25) is 9.36 Å². The fourth-order valence-corrected chi connectivity index (χ4v) is 5.89. The van der Waals surface area contributed by atoms with Crippen molar-refractivity contribution in [2.24, 2.45) is 0 Å². The van der Waals surface area contributed by atoms with Crippen molar-refractivity contribution < 1.29 is 13.2 Å². The number of nitrogens with zero attached hydrogens (tertiary/aromatic N) is 1. The Balaban J connectivity index is 1.95. The first-order valence-corrected chi connectivity index (χ1v) is 11.8. The largest absolute Gasteiger partial charge is 0.496 e. The lowest BCUT2D eigenvalue weighted by molar-refractivity contribution is 0.411. The van der Waals surface area contributed by atoms with Crippen molar-refractivity contribution in [2.75, 3.05) is 7.11 Å². The molecule has 1 atom stereocenters. The molecule has 0 saturated heterocycles. The average Bonchev–Trinajstić information content (AvgIpc) is 3.01. The van der Waals surface area contributed by atoms with Crippen molar-refractivity contribution in [3.05, 3.63) is 57.2 Å². The molecule has 0 fully saturated rings. The van der Waals surface area contributed by atoms with Gasteiger partial charge in [0.15, 0.2) is 0 Å². The van der Waals surface area contributed by atoms with E-state index in [9.17, 15) is 13.2 Å². The number of hydrogen-bond donors (Lipinski definition) is 1. The van der Waals surface area contributed by atoms with E-state index in [1.807, 2.05) is 45.9 Å². The van der Waals surface area contributed by atoms with E-state index in [2.05, 4.69) is 4.72 Å². The number of rotatable bonds is 7. The van der Waals surface area contributed by atoms with Gasteiger partial charge in [-0.2, -0.15) is 0 Å². The highest BCUT2D eigenvalue weighted by atomic mass is 32.2. The lowest BCUT2D eigenvalue weighted by Crippen LogP contribution is -2.28. The highest BCUT2D eigenvalue weighted by Gasteiger charge is 2.22. The molecule has 2 aromatic carbocycles. The Labute approximate surface area is 175 Å². The van der Waals surface area contributed by atoms with Crippen LogP contribution in [0, 0.1) is 6.92 Å². The summed E-state index contributed by atoms with van der Waals surface area (Å²) in [6.45, 7) is 7.73. The molecule has 0 amide bonds. The maximum atomic E-state index is 13.0. The second kappa shape index (κ2) is 8.30. The molecule has 0 spiro atoms. The third kappa shape index (κ3) is 4.24. The Kier molecular flexibility index (Phi) is 6.16. The van der Waals surface area contributed by atoms with E-state index >= 15 is 0 Å². The summed E-state index contributed by atoms with van der Waals surface area (Å²) in [4.78, 5) is 12.3. The van der Waals surface area contributed by atoms with Gasteiger partial charge in [0.05, 0.1) is 22.2 Å². The van der Waals surface area contributed by atoms with E-state index in [0.717, 1.165) is 33.7 Å². The molecule has 0 saturated carbocycles. The van der Waals surface area contributed by atoms with Crippen LogP contribution >= 0.6 is 11.3 Å². The molecule has 3 rings (SSSR count). The van der Waals surface area contributed by atoms with Gasteiger partial charge in [-0.25, -0.2) is 13.1 Å². The normalized spacial score (nSPS) is 13.2. The van der Waals surface area contributed by atoms with Crippen LogP contribution in [0.2, 0.25) is 0 Å². The highest BCUT2D eigenvalue weighted by Crippen LogP contribution is 2.28. The van der Waals surface area contributed by atoms with Gasteiger partial charge in [0, 0.05) is 12.1 Å². The molecule has 156 valence electrons. The first-order chi connectivity index (χ1) is 13.7. The second-order valence-corrected chi connectivity index (χ2v) is 9.98. The van der Waals surface area contributed by atoms with E-state index in [1.54, 1.807) is 29.9 Å². The van der Waals surface area contributed by atoms with Crippen LogP contribution in [0.5, 0.6) is 5.75 Å². The van der Waals surface area contributed by atoms with Crippen molar-refractivity contribution in [3.63, 3.8) is 0 Å². The van der Waals surface area contributed by atoms with E-state index in [0.29, 0.717) is 11.1 Å². The second-order valence-electron chi connectivity index (χ2n) is 7.27.